The van der Waals surface area contributed by atoms with Gasteiger partial charge in [-0.3, -0.25) is 9.78 Å². The molecule has 0 aromatic carbocycles. The smallest absolute Gasteiger partial charge is 0.158 e. The number of methoxy groups -OCH3 is 1. The number of hydrogen-bond acceptors (Lipinski definition) is 4. The minimum Gasteiger partial charge on any atom is -0.496 e. The molecule has 0 saturated heterocycles. The molecule has 4 heteroatoms. The van der Waals surface area contributed by atoms with Crippen molar-refractivity contribution in [2.45, 2.75) is 32.8 Å². The summed E-state index contributed by atoms with van der Waals surface area (Å²) < 4.78 is 10.6. The Kier molecular flexibility index (Phi) is 7.33. The Bertz CT molecular complexity index is 490. The lowest BCUT2D eigenvalue weighted by Crippen LogP contribution is -2.09. The number of pyridine rings is 1. The quantitative estimate of drug-likeness (QED) is 0.650. The Morgan fingerprint density at radius 2 is 2.25 bits per heavy atom. The van der Waals surface area contributed by atoms with Crippen LogP contribution in [-0.2, 0) is 16.1 Å². The molecule has 1 heterocycles. The van der Waals surface area contributed by atoms with Crippen molar-refractivity contribution in [2.75, 3.05) is 13.7 Å². The summed E-state index contributed by atoms with van der Waals surface area (Å²) in [5.41, 5.74) is 4.74. The van der Waals surface area contributed by atoms with Gasteiger partial charge in [0.05, 0.1) is 13.7 Å². The van der Waals surface area contributed by atoms with Crippen LogP contribution in [0.5, 0.6) is 5.75 Å². The molecule has 1 aromatic heterocycles. The van der Waals surface area contributed by atoms with Crippen LogP contribution < -0.4 is 4.74 Å². The summed E-state index contributed by atoms with van der Waals surface area (Å²) in [6.45, 7) is 5.98. The van der Waals surface area contributed by atoms with E-state index in [1.807, 2.05) is 6.92 Å². The number of allylic oxidation sites excluding steroid dienone is 1. The molecule has 0 atom stereocenters. The van der Waals surface area contributed by atoms with Gasteiger partial charge in [0.2, 0.25) is 0 Å². The maximum absolute atomic E-state index is 11.6. The fourth-order valence-electron chi connectivity index (χ4n) is 1.71. The van der Waals surface area contributed by atoms with E-state index in [0.717, 1.165) is 29.7 Å². The highest BCUT2D eigenvalue weighted by Gasteiger charge is 2.05. The summed E-state index contributed by atoms with van der Waals surface area (Å²) >= 11 is 0. The highest BCUT2D eigenvalue weighted by Crippen LogP contribution is 2.16. The van der Waals surface area contributed by atoms with Crippen molar-refractivity contribution in [1.29, 1.82) is 0 Å². The maximum atomic E-state index is 11.6. The monoisotopic (exact) mass is 275 g/mol. The molecule has 0 fully saturated rings. The first-order chi connectivity index (χ1) is 9.67. The van der Waals surface area contributed by atoms with Gasteiger partial charge in [-0.15, -0.1) is 5.73 Å². The first-order valence-corrected chi connectivity index (χ1v) is 6.59. The summed E-state index contributed by atoms with van der Waals surface area (Å²) in [5.74, 6) is 0.823. The molecule has 4 nitrogen and oxygen atoms in total. The lowest BCUT2D eigenvalue weighted by molar-refractivity contribution is -0.124. The largest absolute Gasteiger partial charge is 0.496 e. The number of hydrogen-bond donors (Lipinski definition) is 0. The van der Waals surface area contributed by atoms with E-state index in [2.05, 4.69) is 17.3 Å². The SMILES string of the molecule is C=C=C(C)CCCC(=O)COCc1cnccc1OC. The normalized spacial score (nSPS) is 9.90. The molecule has 0 amide bonds. The van der Waals surface area contributed by atoms with Crippen molar-refractivity contribution in [3.8, 4) is 5.75 Å². The van der Waals surface area contributed by atoms with E-state index in [4.69, 9.17) is 9.47 Å². The molecule has 0 aliphatic carbocycles. The first-order valence-electron chi connectivity index (χ1n) is 6.59. The third-order valence-electron chi connectivity index (χ3n) is 2.91. The molecule has 20 heavy (non-hydrogen) atoms. The summed E-state index contributed by atoms with van der Waals surface area (Å²) in [6, 6.07) is 1.77. The minimum atomic E-state index is 0.102. The molecular formula is C16H21NO3. The molecule has 0 unspecified atom stereocenters. The molecular weight excluding hydrogens is 254 g/mol. The van der Waals surface area contributed by atoms with E-state index in [-0.39, 0.29) is 12.4 Å². The number of rotatable bonds is 9. The zero-order valence-electron chi connectivity index (χ0n) is 12.1. The molecule has 1 rings (SSSR count). The van der Waals surface area contributed by atoms with Gasteiger partial charge in [-0.1, -0.05) is 6.58 Å². The van der Waals surface area contributed by atoms with Crippen LogP contribution in [-0.4, -0.2) is 24.5 Å². The van der Waals surface area contributed by atoms with Gasteiger partial charge in [0, 0.05) is 24.4 Å². The highest BCUT2D eigenvalue weighted by molar-refractivity contribution is 5.79. The summed E-state index contributed by atoms with van der Waals surface area (Å²) in [6.07, 6.45) is 5.52. The predicted octanol–water partition coefficient (Wildman–Crippen LogP) is 3.08. The third-order valence-corrected chi connectivity index (χ3v) is 2.91. The summed E-state index contributed by atoms with van der Waals surface area (Å²) in [7, 11) is 1.60. The highest BCUT2D eigenvalue weighted by atomic mass is 16.5. The van der Waals surface area contributed by atoms with E-state index < -0.39 is 0 Å². The van der Waals surface area contributed by atoms with Crippen molar-refractivity contribution < 1.29 is 14.3 Å². The van der Waals surface area contributed by atoms with Crippen molar-refractivity contribution >= 4 is 5.78 Å². The number of carbonyl (C=O) groups is 1. The average molecular weight is 275 g/mol. The molecule has 0 spiro atoms. The van der Waals surface area contributed by atoms with E-state index in [1.54, 1.807) is 25.6 Å². The van der Waals surface area contributed by atoms with Gasteiger partial charge in [-0.05, 0) is 31.4 Å². The molecule has 0 N–H and O–H groups in total. The molecule has 0 radical (unpaired) electrons. The predicted molar refractivity (Wildman–Crippen MR) is 77.6 cm³/mol. The minimum absolute atomic E-state index is 0.102. The molecule has 0 aliphatic heterocycles. The Morgan fingerprint density at radius 1 is 1.45 bits per heavy atom. The molecule has 108 valence electrons. The zero-order valence-corrected chi connectivity index (χ0v) is 12.1. The molecule has 0 bridgehead atoms. The second-order valence-electron chi connectivity index (χ2n) is 4.53. The van der Waals surface area contributed by atoms with E-state index >= 15 is 0 Å². The number of ketones is 1. The first kappa shape index (κ1) is 16.2. The summed E-state index contributed by atoms with van der Waals surface area (Å²) in [5, 5.41) is 0. The van der Waals surface area contributed by atoms with Gasteiger partial charge in [0.25, 0.3) is 0 Å². The second kappa shape index (κ2) is 9.08. The van der Waals surface area contributed by atoms with Crippen molar-refractivity contribution in [2.24, 2.45) is 0 Å². The average Bonchev–Trinajstić information content (AvgIpc) is 2.47. The van der Waals surface area contributed by atoms with Gasteiger partial charge < -0.3 is 9.47 Å². The van der Waals surface area contributed by atoms with Crippen molar-refractivity contribution in [1.82, 2.24) is 4.98 Å². The van der Waals surface area contributed by atoms with Crippen LogP contribution in [0.2, 0.25) is 0 Å². The Labute approximate surface area is 120 Å². The molecule has 0 saturated carbocycles. The van der Waals surface area contributed by atoms with Crippen LogP contribution in [0.1, 0.15) is 31.7 Å². The van der Waals surface area contributed by atoms with Gasteiger partial charge in [0.15, 0.2) is 5.78 Å². The van der Waals surface area contributed by atoms with Crippen LogP contribution in [0.15, 0.2) is 36.3 Å². The lowest BCUT2D eigenvalue weighted by Gasteiger charge is -2.08. The van der Waals surface area contributed by atoms with Crippen LogP contribution in [0.4, 0.5) is 0 Å². The van der Waals surface area contributed by atoms with Crippen LogP contribution in [0.3, 0.4) is 0 Å². The van der Waals surface area contributed by atoms with Gasteiger partial charge in [-0.25, -0.2) is 0 Å². The second-order valence-corrected chi connectivity index (χ2v) is 4.53. The summed E-state index contributed by atoms with van der Waals surface area (Å²) in [4.78, 5) is 15.6. The van der Waals surface area contributed by atoms with Gasteiger partial charge in [-0.2, -0.15) is 0 Å². The zero-order chi connectivity index (χ0) is 14.8. The number of ether oxygens (including phenoxy) is 2. The van der Waals surface area contributed by atoms with E-state index in [0.29, 0.717) is 13.0 Å². The maximum Gasteiger partial charge on any atom is 0.158 e. The Morgan fingerprint density at radius 3 is 2.95 bits per heavy atom. The molecule has 1 aromatic rings. The number of aromatic nitrogens is 1. The van der Waals surface area contributed by atoms with E-state index in [9.17, 15) is 4.79 Å². The fraction of sp³-hybridized carbons (Fsp3) is 0.438. The number of Topliss-reactive ketones (excluding diaryl/α,β-unsaturated/α-hetero) is 1. The number of carbonyl (C=O) groups excluding carboxylic acids is 1. The third kappa shape index (κ3) is 5.83. The van der Waals surface area contributed by atoms with Gasteiger partial charge in [0.1, 0.15) is 12.4 Å². The molecule has 0 aliphatic rings. The number of nitrogens with zero attached hydrogens (tertiary/aromatic N) is 1. The van der Waals surface area contributed by atoms with Gasteiger partial charge >= 0.3 is 0 Å². The van der Waals surface area contributed by atoms with E-state index in [1.165, 1.54) is 0 Å². The Balaban J connectivity index is 2.26. The van der Waals surface area contributed by atoms with Crippen LogP contribution in [0, 0.1) is 0 Å². The lowest BCUT2D eigenvalue weighted by atomic mass is 10.1. The fourth-order valence-corrected chi connectivity index (χ4v) is 1.71. The van der Waals surface area contributed by atoms with Crippen LogP contribution in [0.25, 0.3) is 0 Å². The van der Waals surface area contributed by atoms with Crippen LogP contribution >= 0.6 is 0 Å². The van der Waals surface area contributed by atoms with Crippen molar-refractivity contribution in [3.05, 3.63) is 41.9 Å². The topological polar surface area (TPSA) is 48.4 Å². The van der Waals surface area contributed by atoms with Crippen molar-refractivity contribution in [3.63, 3.8) is 0 Å². The Hall–Kier alpha value is -1.90. The standard InChI is InChI=1S/C16H21NO3/c1-4-13(2)6-5-7-15(18)12-20-11-14-10-17-9-8-16(14)19-3/h8-10H,1,5-7,11-12H2,2-3H3.